The summed E-state index contributed by atoms with van der Waals surface area (Å²) in [5, 5.41) is 8.91. The molecule has 0 amide bonds. The Morgan fingerprint density at radius 1 is 1.35 bits per heavy atom. The van der Waals surface area contributed by atoms with Gasteiger partial charge in [0.15, 0.2) is 0 Å². The van der Waals surface area contributed by atoms with Gasteiger partial charge in [0.2, 0.25) is 0 Å². The standard InChI is InChI=1S/C16H28ClN3/c1-3-10-18-15(11-13-8-6-5-7-9-13)16-14(17)12-19-20(16)4-2/h12-13,15,18H,3-11H2,1-2H3. The summed E-state index contributed by atoms with van der Waals surface area (Å²) >= 11 is 6.39. The summed E-state index contributed by atoms with van der Waals surface area (Å²) in [7, 11) is 0. The highest BCUT2D eigenvalue weighted by Crippen LogP contribution is 2.34. The molecule has 1 unspecified atom stereocenters. The molecule has 0 aliphatic heterocycles. The Hall–Kier alpha value is -0.540. The molecule has 1 aliphatic rings. The molecule has 0 bridgehead atoms. The predicted octanol–water partition coefficient (Wildman–Crippen LogP) is 4.57. The van der Waals surface area contributed by atoms with E-state index in [-0.39, 0.29) is 0 Å². The Balaban J connectivity index is 2.10. The molecule has 1 saturated carbocycles. The van der Waals surface area contributed by atoms with E-state index in [1.54, 1.807) is 6.20 Å². The van der Waals surface area contributed by atoms with E-state index in [9.17, 15) is 0 Å². The fourth-order valence-corrected chi connectivity index (χ4v) is 3.61. The van der Waals surface area contributed by atoms with E-state index in [2.05, 4.69) is 28.9 Å². The van der Waals surface area contributed by atoms with Crippen LogP contribution in [0.1, 0.15) is 70.5 Å². The number of rotatable bonds is 7. The van der Waals surface area contributed by atoms with Crippen LogP contribution < -0.4 is 5.32 Å². The second kappa shape index (κ2) is 8.04. The predicted molar refractivity (Wildman–Crippen MR) is 85.1 cm³/mol. The van der Waals surface area contributed by atoms with E-state index in [0.29, 0.717) is 6.04 Å². The number of hydrogen-bond acceptors (Lipinski definition) is 2. The maximum atomic E-state index is 6.39. The first-order valence-corrected chi connectivity index (χ1v) is 8.58. The molecule has 1 aromatic heterocycles. The summed E-state index contributed by atoms with van der Waals surface area (Å²) in [6.07, 6.45) is 11.1. The van der Waals surface area contributed by atoms with Crippen molar-refractivity contribution in [1.82, 2.24) is 15.1 Å². The molecule has 3 nitrogen and oxygen atoms in total. The van der Waals surface area contributed by atoms with Gasteiger partial charge in [0.1, 0.15) is 0 Å². The van der Waals surface area contributed by atoms with Gasteiger partial charge in [-0.3, -0.25) is 4.68 Å². The maximum Gasteiger partial charge on any atom is 0.0834 e. The molecule has 20 heavy (non-hydrogen) atoms. The van der Waals surface area contributed by atoms with Gasteiger partial charge >= 0.3 is 0 Å². The summed E-state index contributed by atoms with van der Waals surface area (Å²) in [6.45, 7) is 6.27. The molecule has 1 heterocycles. The van der Waals surface area contributed by atoms with Gasteiger partial charge in [0, 0.05) is 6.54 Å². The van der Waals surface area contributed by atoms with Crippen LogP contribution in [-0.4, -0.2) is 16.3 Å². The van der Waals surface area contributed by atoms with Gasteiger partial charge in [-0.15, -0.1) is 0 Å². The van der Waals surface area contributed by atoms with Gasteiger partial charge in [-0.2, -0.15) is 5.10 Å². The van der Waals surface area contributed by atoms with E-state index in [1.165, 1.54) is 44.2 Å². The Morgan fingerprint density at radius 2 is 2.10 bits per heavy atom. The Kier molecular flexibility index (Phi) is 6.37. The third-order valence-electron chi connectivity index (χ3n) is 4.40. The smallest absolute Gasteiger partial charge is 0.0834 e. The van der Waals surface area contributed by atoms with E-state index < -0.39 is 0 Å². The molecule has 114 valence electrons. The van der Waals surface area contributed by atoms with Crippen molar-refractivity contribution < 1.29 is 0 Å². The first kappa shape index (κ1) is 15.8. The molecular weight excluding hydrogens is 270 g/mol. The minimum Gasteiger partial charge on any atom is -0.309 e. The monoisotopic (exact) mass is 297 g/mol. The molecule has 0 spiro atoms. The van der Waals surface area contributed by atoms with Crippen molar-refractivity contribution in [3.8, 4) is 0 Å². The average molecular weight is 298 g/mol. The van der Waals surface area contributed by atoms with Crippen molar-refractivity contribution >= 4 is 11.6 Å². The van der Waals surface area contributed by atoms with Gasteiger partial charge in [0.05, 0.1) is 23.0 Å². The largest absolute Gasteiger partial charge is 0.309 e. The zero-order valence-electron chi connectivity index (χ0n) is 12.9. The van der Waals surface area contributed by atoms with Gasteiger partial charge < -0.3 is 5.32 Å². The summed E-state index contributed by atoms with van der Waals surface area (Å²) in [6, 6.07) is 0.355. The van der Waals surface area contributed by atoms with Gasteiger partial charge in [-0.1, -0.05) is 50.6 Å². The molecule has 1 aliphatic carbocycles. The van der Waals surface area contributed by atoms with E-state index in [0.717, 1.165) is 30.5 Å². The third-order valence-corrected chi connectivity index (χ3v) is 4.69. The van der Waals surface area contributed by atoms with Crippen LogP contribution in [0.25, 0.3) is 0 Å². The summed E-state index contributed by atoms with van der Waals surface area (Å²) in [4.78, 5) is 0. The first-order valence-electron chi connectivity index (χ1n) is 8.20. The highest BCUT2D eigenvalue weighted by molar-refractivity contribution is 6.31. The molecule has 4 heteroatoms. The Labute approximate surface area is 128 Å². The lowest BCUT2D eigenvalue weighted by molar-refractivity contribution is 0.293. The van der Waals surface area contributed by atoms with E-state index >= 15 is 0 Å². The van der Waals surface area contributed by atoms with Crippen molar-refractivity contribution in [1.29, 1.82) is 0 Å². The maximum absolute atomic E-state index is 6.39. The second-order valence-electron chi connectivity index (χ2n) is 5.94. The van der Waals surface area contributed by atoms with E-state index in [1.807, 2.05) is 0 Å². The summed E-state index contributed by atoms with van der Waals surface area (Å²) < 4.78 is 2.05. The van der Waals surface area contributed by atoms with Crippen molar-refractivity contribution in [2.75, 3.05) is 6.54 Å². The summed E-state index contributed by atoms with van der Waals surface area (Å²) in [5.41, 5.74) is 1.19. The van der Waals surface area contributed by atoms with Crippen molar-refractivity contribution in [3.05, 3.63) is 16.9 Å². The van der Waals surface area contributed by atoms with Crippen molar-refractivity contribution in [2.24, 2.45) is 5.92 Å². The lowest BCUT2D eigenvalue weighted by atomic mass is 9.84. The normalized spacial score (nSPS) is 18.4. The minimum atomic E-state index is 0.355. The van der Waals surface area contributed by atoms with Crippen LogP contribution in [0, 0.1) is 5.92 Å². The number of nitrogens with one attached hydrogen (secondary N) is 1. The first-order chi connectivity index (χ1) is 9.76. The third kappa shape index (κ3) is 3.98. The average Bonchev–Trinajstić information content (AvgIpc) is 2.85. The topological polar surface area (TPSA) is 29.9 Å². The van der Waals surface area contributed by atoms with Crippen LogP contribution in [0.3, 0.4) is 0 Å². The number of nitrogens with zero attached hydrogens (tertiary/aromatic N) is 2. The molecule has 1 N–H and O–H groups in total. The minimum absolute atomic E-state index is 0.355. The molecule has 0 radical (unpaired) electrons. The molecule has 1 aromatic rings. The van der Waals surface area contributed by atoms with Crippen LogP contribution in [0.2, 0.25) is 5.02 Å². The number of hydrogen-bond donors (Lipinski definition) is 1. The Bertz CT molecular complexity index is 396. The van der Waals surface area contributed by atoms with Gasteiger partial charge in [-0.05, 0) is 32.2 Å². The molecule has 0 saturated heterocycles. The quantitative estimate of drug-likeness (QED) is 0.799. The second-order valence-corrected chi connectivity index (χ2v) is 6.35. The molecule has 1 fully saturated rings. The fraction of sp³-hybridized carbons (Fsp3) is 0.812. The highest BCUT2D eigenvalue weighted by Gasteiger charge is 2.24. The van der Waals surface area contributed by atoms with E-state index in [4.69, 9.17) is 11.6 Å². The highest BCUT2D eigenvalue weighted by atomic mass is 35.5. The SMILES string of the molecule is CCCNC(CC1CCCCC1)c1c(Cl)cnn1CC. The van der Waals surface area contributed by atoms with Crippen molar-refractivity contribution in [3.63, 3.8) is 0 Å². The lowest BCUT2D eigenvalue weighted by Gasteiger charge is -2.28. The molecule has 2 rings (SSSR count). The number of aromatic nitrogens is 2. The molecular formula is C16H28ClN3. The van der Waals surface area contributed by atoms with Crippen LogP contribution in [-0.2, 0) is 6.54 Å². The van der Waals surface area contributed by atoms with Crippen LogP contribution in [0.4, 0.5) is 0 Å². The number of aryl methyl sites for hydroxylation is 1. The van der Waals surface area contributed by atoms with Crippen molar-refractivity contribution in [2.45, 2.75) is 71.4 Å². The van der Waals surface area contributed by atoms with Gasteiger partial charge in [-0.25, -0.2) is 0 Å². The lowest BCUT2D eigenvalue weighted by Crippen LogP contribution is -2.27. The van der Waals surface area contributed by atoms with Crippen LogP contribution >= 0.6 is 11.6 Å². The van der Waals surface area contributed by atoms with Crippen LogP contribution in [0.15, 0.2) is 6.20 Å². The van der Waals surface area contributed by atoms with Crippen LogP contribution in [0.5, 0.6) is 0 Å². The zero-order chi connectivity index (χ0) is 14.4. The Morgan fingerprint density at radius 3 is 2.75 bits per heavy atom. The zero-order valence-corrected chi connectivity index (χ0v) is 13.6. The summed E-state index contributed by atoms with van der Waals surface area (Å²) in [5.74, 6) is 0.842. The fourth-order valence-electron chi connectivity index (χ4n) is 3.34. The molecule has 1 atom stereocenters. The molecule has 0 aromatic carbocycles. The van der Waals surface area contributed by atoms with Gasteiger partial charge in [0.25, 0.3) is 0 Å². The number of halogens is 1.